The first kappa shape index (κ1) is 16.0. The van der Waals surface area contributed by atoms with Crippen LogP contribution < -0.4 is 11.2 Å². The van der Waals surface area contributed by atoms with Gasteiger partial charge in [-0.05, 0) is 36.4 Å². The van der Waals surface area contributed by atoms with Crippen molar-refractivity contribution in [2.45, 2.75) is 26.3 Å². The number of benzene rings is 1. The predicted octanol–water partition coefficient (Wildman–Crippen LogP) is 3.40. The number of nitrogens with one attached hydrogen (secondary N) is 1. The Morgan fingerprint density at radius 3 is 3.13 bits per heavy atom. The summed E-state index contributed by atoms with van der Waals surface area (Å²) in [6, 6.07) is 8.42. The maximum Gasteiger partial charge on any atom is 0.205 e. The number of aromatic nitrogens is 1. The zero-order chi connectivity index (χ0) is 16.1. The molecule has 0 radical (unpaired) electrons. The lowest BCUT2D eigenvalue weighted by atomic mass is 9.99. The Balaban J connectivity index is 1.65. The zero-order valence-corrected chi connectivity index (χ0v) is 14.2. The Morgan fingerprint density at radius 2 is 2.35 bits per heavy atom. The Bertz CT molecular complexity index is 667. The molecular weight excluding hydrogens is 306 g/mol. The van der Waals surface area contributed by atoms with Crippen molar-refractivity contribution < 1.29 is 0 Å². The highest BCUT2D eigenvalue weighted by molar-refractivity contribution is 7.14. The molecule has 0 amide bonds. The summed E-state index contributed by atoms with van der Waals surface area (Å²) >= 11 is 1.45. The molecule has 1 aliphatic rings. The van der Waals surface area contributed by atoms with Crippen LogP contribution >= 0.6 is 11.3 Å². The van der Waals surface area contributed by atoms with Gasteiger partial charge < -0.3 is 5.73 Å². The van der Waals surface area contributed by atoms with Crippen molar-refractivity contribution in [3.8, 4) is 0 Å². The minimum absolute atomic E-state index is 0.521. The molecule has 3 rings (SSSR count). The summed E-state index contributed by atoms with van der Waals surface area (Å²) < 4.78 is 0. The second-order valence-electron chi connectivity index (χ2n) is 6.13. The Hall–Kier alpha value is -1.92. The van der Waals surface area contributed by atoms with E-state index in [1.54, 1.807) is 5.38 Å². The molecule has 0 aliphatic carbocycles. The third kappa shape index (κ3) is 4.53. The van der Waals surface area contributed by atoms with Gasteiger partial charge >= 0.3 is 0 Å². The van der Waals surface area contributed by atoms with Gasteiger partial charge in [0.2, 0.25) is 5.13 Å². The third-order valence-corrected chi connectivity index (χ3v) is 4.84. The summed E-state index contributed by atoms with van der Waals surface area (Å²) in [6.45, 7) is 5.69. The van der Waals surface area contributed by atoms with Gasteiger partial charge in [0.25, 0.3) is 0 Å². The molecule has 0 spiro atoms. The number of anilines is 2. The van der Waals surface area contributed by atoms with Crippen molar-refractivity contribution in [1.82, 2.24) is 9.88 Å². The van der Waals surface area contributed by atoms with Gasteiger partial charge in [-0.15, -0.1) is 11.3 Å². The normalized spacial score (nSPS) is 19.3. The number of thiazole rings is 1. The van der Waals surface area contributed by atoms with Crippen molar-refractivity contribution in [3.63, 3.8) is 0 Å². The molecule has 5 nitrogen and oxygen atoms in total. The van der Waals surface area contributed by atoms with Crippen LogP contribution in [0.2, 0.25) is 0 Å². The number of rotatable bonds is 5. The number of piperidine rings is 1. The Morgan fingerprint density at radius 1 is 1.48 bits per heavy atom. The van der Waals surface area contributed by atoms with E-state index in [0.717, 1.165) is 18.0 Å². The number of hydrazone groups is 1. The second kappa shape index (κ2) is 7.57. The first-order valence-electron chi connectivity index (χ1n) is 8.01. The van der Waals surface area contributed by atoms with Crippen molar-refractivity contribution in [2.24, 2.45) is 11.0 Å². The molecule has 2 heterocycles. The van der Waals surface area contributed by atoms with Crippen LogP contribution in [0.1, 0.15) is 30.9 Å². The highest BCUT2D eigenvalue weighted by atomic mass is 32.1. The van der Waals surface area contributed by atoms with Gasteiger partial charge in [-0.1, -0.05) is 31.2 Å². The van der Waals surface area contributed by atoms with Gasteiger partial charge in [0.1, 0.15) is 5.82 Å². The highest BCUT2D eigenvalue weighted by Crippen LogP contribution is 2.19. The zero-order valence-electron chi connectivity index (χ0n) is 13.4. The number of nitrogen functional groups attached to an aromatic ring is 1. The molecule has 1 fully saturated rings. The molecule has 3 N–H and O–H groups in total. The summed E-state index contributed by atoms with van der Waals surface area (Å²) in [5.74, 6) is 1.31. The first-order valence-corrected chi connectivity index (χ1v) is 8.89. The molecule has 1 aromatic carbocycles. The van der Waals surface area contributed by atoms with Crippen LogP contribution in [0.25, 0.3) is 0 Å². The predicted molar refractivity (Wildman–Crippen MR) is 97.9 cm³/mol. The lowest BCUT2D eigenvalue weighted by Crippen LogP contribution is -2.34. The van der Waals surface area contributed by atoms with Crippen LogP contribution in [-0.2, 0) is 6.54 Å². The summed E-state index contributed by atoms with van der Waals surface area (Å²) in [4.78, 5) is 6.67. The van der Waals surface area contributed by atoms with E-state index in [-0.39, 0.29) is 0 Å². The van der Waals surface area contributed by atoms with E-state index in [4.69, 9.17) is 5.73 Å². The maximum atomic E-state index is 5.60. The van der Waals surface area contributed by atoms with E-state index >= 15 is 0 Å². The molecule has 0 bridgehead atoms. The van der Waals surface area contributed by atoms with E-state index in [1.807, 2.05) is 12.3 Å². The quantitative estimate of drug-likeness (QED) is 0.652. The third-order valence-electron chi connectivity index (χ3n) is 4.08. The first-order chi connectivity index (χ1) is 11.2. The summed E-state index contributed by atoms with van der Waals surface area (Å²) in [7, 11) is 0. The summed E-state index contributed by atoms with van der Waals surface area (Å²) in [5.41, 5.74) is 11.0. The molecule has 1 aromatic heterocycles. The van der Waals surface area contributed by atoms with Crippen LogP contribution in [0.4, 0.5) is 10.9 Å². The van der Waals surface area contributed by atoms with Crippen molar-refractivity contribution >= 4 is 28.5 Å². The molecule has 122 valence electrons. The van der Waals surface area contributed by atoms with E-state index < -0.39 is 0 Å². The average molecular weight is 329 g/mol. The fourth-order valence-electron chi connectivity index (χ4n) is 2.97. The van der Waals surface area contributed by atoms with Gasteiger partial charge in [0.15, 0.2) is 0 Å². The minimum Gasteiger partial charge on any atom is -0.383 e. The molecule has 1 saturated heterocycles. The minimum atomic E-state index is 0.521. The molecule has 1 unspecified atom stereocenters. The van der Waals surface area contributed by atoms with Crippen LogP contribution in [0.5, 0.6) is 0 Å². The topological polar surface area (TPSA) is 66.5 Å². The fraction of sp³-hybridized carbons (Fsp3) is 0.412. The van der Waals surface area contributed by atoms with Gasteiger partial charge in [-0.3, -0.25) is 10.3 Å². The van der Waals surface area contributed by atoms with E-state index in [1.165, 1.54) is 42.8 Å². The highest BCUT2D eigenvalue weighted by Gasteiger charge is 2.16. The number of likely N-dealkylation sites (tertiary alicyclic amines) is 1. The van der Waals surface area contributed by atoms with Crippen LogP contribution in [0.15, 0.2) is 34.7 Å². The summed E-state index contributed by atoms with van der Waals surface area (Å²) in [6.07, 6.45) is 4.51. The molecule has 1 aliphatic heterocycles. The lowest BCUT2D eigenvalue weighted by molar-refractivity contribution is 0.176. The molecule has 23 heavy (non-hydrogen) atoms. The molecule has 0 saturated carbocycles. The average Bonchev–Trinajstić information content (AvgIpc) is 2.94. The molecule has 2 aromatic rings. The van der Waals surface area contributed by atoms with Crippen LogP contribution in [-0.4, -0.2) is 29.2 Å². The fourth-order valence-corrected chi connectivity index (χ4v) is 3.52. The molecule has 1 atom stereocenters. The van der Waals surface area contributed by atoms with Crippen molar-refractivity contribution in [1.29, 1.82) is 0 Å². The van der Waals surface area contributed by atoms with Crippen molar-refractivity contribution in [2.75, 3.05) is 24.2 Å². The number of nitrogens with zero attached hydrogens (tertiary/aromatic N) is 3. The van der Waals surface area contributed by atoms with Gasteiger partial charge in [-0.25, -0.2) is 4.98 Å². The number of nitrogens with two attached hydrogens (primary N) is 1. The van der Waals surface area contributed by atoms with Crippen LogP contribution in [0, 0.1) is 5.92 Å². The van der Waals surface area contributed by atoms with Crippen LogP contribution in [0.3, 0.4) is 0 Å². The molecular formula is C17H23N5S. The number of hydrogen-bond acceptors (Lipinski definition) is 6. The molecule has 6 heteroatoms. The van der Waals surface area contributed by atoms with E-state index in [2.05, 4.69) is 45.5 Å². The van der Waals surface area contributed by atoms with E-state index in [9.17, 15) is 0 Å². The van der Waals surface area contributed by atoms with Gasteiger partial charge in [0.05, 0.1) is 6.21 Å². The van der Waals surface area contributed by atoms with E-state index in [0.29, 0.717) is 10.9 Å². The monoisotopic (exact) mass is 329 g/mol. The second-order valence-corrected chi connectivity index (χ2v) is 6.99. The summed E-state index contributed by atoms with van der Waals surface area (Å²) in [5, 5.41) is 6.80. The SMILES string of the molecule is CC1CCCN(Cc2ccccc2C=NNc2nc(N)cs2)C1. The Labute approximate surface area is 141 Å². The maximum absolute atomic E-state index is 5.60. The van der Waals surface area contributed by atoms with Gasteiger partial charge in [0, 0.05) is 18.5 Å². The number of hydrogen-bond donors (Lipinski definition) is 2. The van der Waals surface area contributed by atoms with Crippen molar-refractivity contribution in [3.05, 3.63) is 40.8 Å². The van der Waals surface area contributed by atoms with Gasteiger partial charge in [-0.2, -0.15) is 5.10 Å². The largest absolute Gasteiger partial charge is 0.383 e. The standard InChI is InChI=1S/C17H23N5S/c1-13-5-4-8-22(10-13)11-15-7-3-2-6-14(15)9-19-21-17-20-16(18)12-23-17/h2-3,6-7,9,12-13H,4-5,8,10-11,18H2,1H3,(H,20,21). The lowest BCUT2D eigenvalue weighted by Gasteiger charge is -2.31. The smallest absolute Gasteiger partial charge is 0.205 e. The Kier molecular flexibility index (Phi) is 5.25.